The molecule has 3 atom stereocenters. The second-order valence-corrected chi connectivity index (χ2v) is 9.63. The summed E-state index contributed by atoms with van der Waals surface area (Å²) in [6.07, 6.45) is -1.27. The van der Waals surface area contributed by atoms with Crippen molar-refractivity contribution in [1.29, 1.82) is 0 Å². The minimum atomic E-state index is -4.10. The molecular formula is C22H26N4O7S. The number of aliphatic hydroxyl groups excluding tert-OH is 1. The molecule has 0 aromatic heterocycles. The number of hydrogen-bond donors (Lipinski definition) is 5. The molecule has 0 radical (unpaired) electrons. The van der Waals surface area contributed by atoms with Gasteiger partial charge in [-0.05, 0) is 17.7 Å². The molecule has 3 amide bonds. The zero-order valence-corrected chi connectivity index (χ0v) is 18.9. The van der Waals surface area contributed by atoms with Crippen molar-refractivity contribution in [3.63, 3.8) is 0 Å². The first kappa shape index (κ1) is 25.1. The van der Waals surface area contributed by atoms with Gasteiger partial charge >= 0.3 is 12.0 Å². The van der Waals surface area contributed by atoms with Gasteiger partial charge in [0.2, 0.25) is 15.9 Å². The molecule has 0 saturated carbocycles. The summed E-state index contributed by atoms with van der Waals surface area (Å²) in [6, 6.07) is 13.1. The highest BCUT2D eigenvalue weighted by molar-refractivity contribution is 7.89. The highest BCUT2D eigenvalue weighted by Crippen LogP contribution is 2.26. The Hall–Kier alpha value is -3.48. The van der Waals surface area contributed by atoms with Crippen LogP contribution in [0.25, 0.3) is 0 Å². The SMILES string of the molecule is O=C(NCc1ccccc1)NC[C@H](NC(=O)[C@@H]1C[C@@H](O)CN1S(=O)(=O)c1ccccc1)C(=O)O. The third-order valence-electron chi connectivity index (χ3n) is 5.26. The van der Waals surface area contributed by atoms with E-state index < -0.39 is 52.7 Å². The van der Waals surface area contributed by atoms with E-state index in [9.17, 15) is 33.0 Å². The van der Waals surface area contributed by atoms with E-state index in [1.807, 2.05) is 30.3 Å². The summed E-state index contributed by atoms with van der Waals surface area (Å²) in [6.45, 7) is -0.501. The minimum absolute atomic E-state index is 0.0477. The van der Waals surface area contributed by atoms with Crippen LogP contribution in [-0.2, 0) is 26.2 Å². The number of carbonyl (C=O) groups excluding carboxylic acids is 2. The van der Waals surface area contributed by atoms with Crippen LogP contribution in [0, 0.1) is 0 Å². The highest BCUT2D eigenvalue weighted by Gasteiger charge is 2.44. The smallest absolute Gasteiger partial charge is 0.328 e. The Balaban J connectivity index is 1.61. The van der Waals surface area contributed by atoms with Gasteiger partial charge < -0.3 is 26.2 Å². The fourth-order valence-corrected chi connectivity index (χ4v) is 5.18. The van der Waals surface area contributed by atoms with E-state index in [1.54, 1.807) is 6.07 Å². The standard InChI is InChI=1S/C22H26N4O7S/c27-16-11-19(26(14-16)34(32,33)17-9-5-2-6-10-17)20(28)25-18(21(29)30)13-24-22(31)23-12-15-7-3-1-4-8-15/h1-10,16,18-19,27H,11-14H2,(H,25,28)(H,29,30)(H2,23,24,31)/t16-,18+,19+/m1/s1. The van der Waals surface area contributed by atoms with Crippen LogP contribution in [0.4, 0.5) is 4.79 Å². The Labute approximate surface area is 196 Å². The first-order valence-corrected chi connectivity index (χ1v) is 12.0. The number of β-amino-alcohol motifs (C(OH)–C–C–N with tert-alkyl or cyclic N) is 1. The summed E-state index contributed by atoms with van der Waals surface area (Å²) >= 11 is 0. The van der Waals surface area contributed by atoms with E-state index in [4.69, 9.17) is 0 Å². The Morgan fingerprint density at radius 1 is 1.00 bits per heavy atom. The molecule has 3 rings (SSSR count). The second kappa shape index (κ2) is 11.1. The quantitative estimate of drug-likeness (QED) is 0.327. The first-order chi connectivity index (χ1) is 16.2. The summed E-state index contributed by atoms with van der Waals surface area (Å²) in [5.74, 6) is -2.29. The van der Waals surface area contributed by atoms with Crippen LogP contribution in [0.3, 0.4) is 0 Å². The van der Waals surface area contributed by atoms with Gasteiger partial charge in [-0.3, -0.25) is 4.79 Å². The number of nitrogens with zero attached hydrogens (tertiary/aromatic N) is 1. The predicted octanol–water partition coefficient (Wildman–Crippen LogP) is -0.121. The molecule has 0 unspecified atom stereocenters. The molecule has 1 saturated heterocycles. The zero-order chi connectivity index (χ0) is 24.7. The average Bonchev–Trinajstić information content (AvgIpc) is 3.24. The van der Waals surface area contributed by atoms with Crippen molar-refractivity contribution in [2.45, 2.75) is 36.0 Å². The van der Waals surface area contributed by atoms with Crippen LogP contribution in [-0.4, -0.2) is 72.1 Å². The van der Waals surface area contributed by atoms with Crippen LogP contribution in [0.2, 0.25) is 0 Å². The van der Waals surface area contributed by atoms with E-state index in [2.05, 4.69) is 16.0 Å². The van der Waals surface area contributed by atoms with Gasteiger partial charge in [-0.2, -0.15) is 4.31 Å². The number of benzene rings is 2. The van der Waals surface area contributed by atoms with Crippen molar-refractivity contribution in [3.8, 4) is 0 Å². The maximum Gasteiger partial charge on any atom is 0.328 e. The van der Waals surface area contributed by atoms with Crippen molar-refractivity contribution in [2.24, 2.45) is 0 Å². The fourth-order valence-electron chi connectivity index (χ4n) is 3.52. The number of urea groups is 1. The van der Waals surface area contributed by atoms with Gasteiger partial charge in [-0.25, -0.2) is 18.0 Å². The van der Waals surface area contributed by atoms with Crippen LogP contribution in [0.1, 0.15) is 12.0 Å². The van der Waals surface area contributed by atoms with E-state index in [-0.39, 0.29) is 24.4 Å². The summed E-state index contributed by atoms with van der Waals surface area (Å²) in [7, 11) is -4.10. The number of carboxylic acids is 1. The van der Waals surface area contributed by atoms with Crippen LogP contribution in [0.15, 0.2) is 65.6 Å². The van der Waals surface area contributed by atoms with Gasteiger partial charge in [0.05, 0.1) is 17.5 Å². The van der Waals surface area contributed by atoms with Gasteiger partial charge in [0.25, 0.3) is 0 Å². The van der Waals surface area contributed by atoms with E-state index in [0.717, 1.165) is 9.87 Å². The van der Waals surface area contributed by atoms with Gasteiger partial charge in [-0.1, -0.05) is 48.5 Å². The van der Waals surface area contributed by atoms with E-state index in [1.165, 1.54) is 24.3 Å². The monoisotopic (exact) mass is 490 g/mol. The van der Waals surface area contributed by atoms with Crippen molar-refractivity contribution in [2.75, 3.05) is 13.1 Å². The van der Waals surface area contributed by atoms with Crippen LogP contribution in [0.5, 0.6) is 0 Å². The molecule has 2 aromatic carbocycles. The second-order valence-electron chi connectivity index (χ2n) is 7.74. The topological polar surface area (TPSA) is 165 Å². The average molecular weight is 491 g/mol. The molecule has 0 spiro atoms. The molecule has 2 aromatic rings. The van der Waals surface area contributed by atoms with Crippen molar-refractivity contribution < 1.29 is 33.0 Å². The Morgan fingerprint density at radius 3 is 2.24 bits per heavy atom. The molecule has 5 N–H and O–H groups in total. The molecule has 11 nitrogen and oxygen atoms in total. The molecule has 1 heterocycles. The number of sulfonamides is 1. The largest absolute Gasteiger partial charge is 0.480 e. The molecule has 182 valence electrons. The summed E-state index contributed by atoms with van der Waals surface area (Å²) < 4.78 is 26.8. The summed E-state index contributed by atoms with van der Waals surface area (Å²) in [4.78, 5) is 36.4. The number of carbonyl (C=O) groups is 3. The third kappa shape index (κ3) is 6.31. The van der Waals surface area contributed by atoms with E-state index >= 15 is 0 Å². The lowest BCUT2D eigenvalue weighted by Gasteiger charge is -2.24. The number of rotatable bonds is 9. The fraction of sp³-hybridized carbons (Fsp3) is 0.318. The lowest BCUT2D eigenvalue weighted by atomic mass is 10.1. The number of amides is 3. The zero-order valence-electron chi connectivity index (χ0n) is 18.1. The number of hydrogen-bond acceptors (Lipinski definition) is 6. The van der Waals surface area contributed by atoms with Crippen LogP contribution < -0.4 is 16.0 Å². The van der Waals surface area contributed by atoms with Gasteiger partial charge in [-0.15, -0.1) is 0 Å². The number of nitrogens with one attached hydrogen (secondary N) is 3. The van der Waals surface area contributed by atoms with Gasteiger partial charge in [0.15, 0.2) is 0 Å². The lowest BCUT2D eigenvalue weighted by molar-refractivity contribution is -0.142. The Kier molecular flexibility index (Phi) is 8.21. The number of carboxylic acid groups (broad SMARTS) is 1. The summed E-state index contributed by atoms with van der Waals surface area (Å²) in [5.41, 5.74) is 0.847. The molecule has 34 heavy (non-hydrogen) atoms. The number of aliphatic carboxylic acids is 1. The van der Waals surface area contributed by atoms with Crippen LogP contribution >= 0.6 is 0 Å². The Morgan fingerprint density at radius 2 is 1.62 bits per heavy atom. The van der Waals surface area contributed by atoms with Gasteiger partial charge in [0, 0.05) is 19.5 Å². The van der Waals surface area contributed by atoms with Crippen molar-refractivity contribution in [1.82, 2.24) is 20.3 Å². The molecule has 1 aliphatic rings. The highest BCUT2D eigenvalue weighted by atomic mass is 32.2. The number of aliphatic hydroxyl groups is 1. The molecular weight excluding hydrogens is 464 g/mol. The molecule has 1 aliphatic heterocycles. The van der Waals surface area contributed by atoms with Gasteiger partial charge in [0.1, 0.15) is 12.1 Å². The molecule has 12 heteroatoms. The minimum Gasteiger partial charge on any atom is -0.480 e. The van der Waals surface area contributed by atoms with Crippen molar-refractivity contribution in [3.05, 3.63) is 66.2 Å². The predicted molar refractivity (Wildman–Crippen MR) is 121 cm³/mol. The molecule has 0 aliphatic carbocycles. The normalized spacial score (nSPS) is 19.2. The van der Waals surface area contributed by atoms with Crippen molar-refractivity contribution >= 4 is 27.9 Å². The Bertz CT molecular complexity index is 1110. The first-order valence-electron chi connectivity index (χ1n) is 10.5. The summed E-state index contributed by atoms with van der Waals surface area (Å²) in [5, 5.41) is 26.7. The molecule has 1 fully saturated rings. The molecule has 0 bridgehead atoms. The van der Waals surface area contributed by atoms with E-state index in [0.29, 0.717) is 0 Å². The lowest BCUT2D eigenvalue weighted by Crippen LogP contribution is -2.54. The third-order valence-corrected chi connectivity index (χ3v) is 7.15. The maximum absolute atomic E-state index is 13.0. The maximum atomic E-state index is 13.0.